The van der Waals surface area contributed by atoms with Crippen molar-refractivity contribution in [2.75, 3.05) is 5.75 Å². The summed E-state index contributed by atoms with van der Waals surface area (Å²) in [5.74, 6) is -1.12. The number of carbonyl (C=O) groups is 2. The molecule has 21 heavy (non-hydrogen) atoms. The summed E-state index contributed by atoms with van der Waals surface area (Å²) in [6.45, 7) is 5.71. The van der Waals surface area contributed by atoms with E-state index in [0.717, 1.165) is 14.9 Å². The van der Waals surface area contributed by atoms with Crippen LogP contribution in [0.25, 0.3) is 0 Å². The molecule has 116 valence electrons. The molecule has 0 heterocycles. The zero-order chi connectivity index (χ0) is 16.0. The summed E-state index contributed by atoms with van der Waals surface area (Å²) in [4.78, 5) is 24.1. The maximum atomic E-state index is 11.9. The maximum Gasteiger partial charge on any atom is 0.326 e. The van der Waals surface area contributed by atoms with Gasteiger partial charge in [-0.3, -0.25) is 4.79 Å². The summed E-state index contributed by atoms with van der Waals surface area (Å²) in [5.41, 5.74) is 1.08. The number of halogens is 1. The van der Waals surface area contributed by atoms with Crippen LogP contribution >= 0.6 is 27.7 Å². The Morgan fingerprint density at radius 1 is 1.43 bits per heavy atom. The molecule has 0 fully saturated rings. The van der Waals surface area contributed by atoms with Crippen LogP contribution < -0.4 is 5.32 Å². The molecule has 2 atom stereocenters. The van der Waals surface area contributed by atoms with E-state index in [1.807, 2.05) is 39.0 Å². The van der Waals surface area contributed by atoms with Gasteiger partial charge in [-0.15, -0.1) is 11.8 Å². The molecule has 0 radical (unpaired) electrons. The first kappa shape index (κ1) is 18.0. The van der Waals surface area contributed by atoms with Crippen LogP contribution in [0.4, 0.5) is 0 Å². The molecule has 0 aromatic heterocycles. The normalized spacial score (nSPS) is 13.5. The van der Waals surface area contributed by atoms with Crippen LogP contribution in [0.1, 0.15) is 25.8 Å². The SMILES string of the molecule is CCC(C)[C@H](NC(=O)CSc1ccc(Br)cc1C)C(=O)O. The molecule has 0 aliphatic carbocycles. The summed E-state index contributed by atoms with van der Waals surface area (Å²) in [7, 11) is 0. The van der Waals surface area contributed by atoms with Crippen molar-refractivity contribution in [3.8, 4) is 0 Å². The van der Waals surface area contributed by atoms with Crippen molar-refractivity contribution in [2.45, 2.75) is 38.1 Å². The number of benzene rings is 1. The highest BCUT2D eigenvalue weighted by Gasteiger charge is 2.25. The average Bonchev–Trinajstić information content (AvgIpc) is 2.42. The summed E-state index contributed by atoms with van der Waals surface area (Å²) < 4.78 is 0.997. The minimum absolute atomic E-state index is 0.0918. The number of thioether (sulfide) groups is 1. The highest BCUT2D eigenvalue weighted by molar-refractivity contribution is 9.10. The summed E-state index contributed by atoms with van der Waals surface area (Å²) in [6, 6.07) is 5.03. The molecule has 0 aliphatic heterocycles. The predicted octanol–water partition coefficient (Wildman–Crippen LogP) is 3.47. The third-order valence-electron chi connectivity index (χ3n) is 3.29. The molecule has 0 bridgehead atoms. The number of hydrogen-bond acceptors (Lipinski definition) is 3. The van der Waals surface area contributed by atoms with Crippen LogP contribution in [0, 0.1) is 12.8 Å². The molecule has 1 unspecified atom stereocenters. The molecule has 1 aromatic rings. The van der Waals surface area contributed by atoms with Gasteiger partial charge in [0.05, 0.1) is 5.75 Å². The van der Waals surface area contributed by atoms with Gasteiger partial charge in [0.15, 0.2) is 0 Å². The highest BCUT2D eigenvalue weighted by Crippen LogP contribution is 2.25. The number of aryl methyl sites for hydroxylation is 1. The molecular formula is C15H20BrNO3S. The van der Waals surface area contributed by atoms with Gasteiger partial charge >= 0.3 is 5.97 Å². The third kappa shape index (κ3) is 5.71. The standard InChI is InChI=1S/C15H20BrNO3S/c1-4-9(2)14(15(19)20)17-13(18)8-21-12-6-5-11(16)7-10(12)3/h5-7,9,14H,4,8H2,1-3H3,(H,17,18)(H,19,20)/t9?,14-/m0/s1. The Hall–Kier alpha value is -1.01. The number of aliphatic carboxylic acids is 1. The van der Waals surface area contributed by atoms with E-state index >= 15 is 0 Å². The monoisotopic (exact) mass is 373 g/mol. The van der Waals surface area contributed by atoms with E-state index in [2.05, 4.69) is 21.2 Å². The van der Waals surface area contributed by atoms with Gasteiger partial charge in [-0.05, 0) is 36.6 Å². The molecule has 0 spiro atoms. The van der Waals surface area contributed by atoms with Crippen molar-refractivity contribution in [3.63, 3.8) is 0 Å². The number of carboxylic acids is 1. The van der Waals surface area contributed by atoms with E-state index in [9.17, 15) is 9.59 Å². The van der Waals surface area contributed by atoms with E-state index < -0.39 is 12.0 Å². The number of hydrogen-bond donors (Lipinski definition) is 2. The lowest BCUT2D eigenvalue weighted by Gasteiger charge is -2.20. The molecular weight excluding hydrogens is 354 g/mol. The molecule has 0 saturated carbocycles. The first-order valence-electron chi connectivity index (χ1n) is 6.76. The molecule has 0 saturated heterocycles. The summed E-state index contributed by atoms with van der Waals surface area (Å²) in [6.07, 6.45) is 0.705. The Labute approximate surface area is 137 Å². The van der Waals surface area contributed by atoms with Crippen LogP contribution in [0.2, 0.25) is 0 Å². The molecule has 1 rings (SSSR count). The first-order valence-corrected chi connectivity index (χ1v) is 8.54. The van der Waals surface area contributed by atoms with Crippen LogP contribution in [0.5, 0.6) is 0 Å². The third-order valence-corrected chi connectivity index (χ3v) is 4.96. The number of nitrogens with one attached hydrogen (secondary N) is 1. The second-order valence-electron chi connectivity index (χ2n) is 4.97. The van der Waals surface area contributed by atoms with Gasteiger partial charge in [0, 0.05) is 9.37 Å². The van der Waals surface area contributed by atoms with Gasteiger partial charge in [-0.1, -0.05) is 36.2 Å². The van der Waals surface area contributed by atoms with Crippen LogP contribution in [0.15, 0.2) is 27.6 Å². The first-order chi connectivity index (χ1) is 9.85. The van der Waals surface area contributed by atoms with E-state index in [4.69, 9.17) is 5.11 Å². The Morgan fingerprint density at radius 3 is 2.62 bits per heavy atom. The zero-order valence-corrected chi connectivity index (χ0v) is 14.8. The van der Waals surface area contributed by atoms with Crippen LogP contribution in [-0.2, 0) is 9.59 Å². The number of carboxylic acid groups (broad SMARTS) is 1. The fourth-order valence-corrected chi connectivity index (χ4v) is 3.11. The molecule has 0 aliphatic rings. The lowest BCUT2D eigenvalue weighted by atomic mass is 9.99. The predicted molar refractivity (Wildman–Crippen MR) is 88.6 cm³/mol. The second kappa shape index (κ2) is 8.44. The fourth-order valence-electron chi connectivity index (χ4n) is 1.82. The molecule has 1 aromatic carbocycles. The lowest BCUT2D eigenvalue weighted by molar-refractivity contribution is -0.143. The summed E-state index contributed by atoms with van der Waals surface area (Å²) >= 11 is 4.81. The van der Waals surface area contributed by atoms with E-state index in [1.54, 1.807) is 0 Å². The molecule has 1 amide bonds. The van der Waals surface area contributed by atoms with Crippen molar-refractivity contribution < 1.29 is 14.7 Å². The van der Waals surface area contributed by atoms with Crippen molar-refractivity contribution in [1.82, 2.24) is 5.32 Å². The smallest absolute Gasteiger partial charge is 0.326 e. The van der Waals surface area contributed by atoms with E-state index in [1.165, 1.54) is 11.8 Å². The van der Waals surface area contributed by atoms with Crippen molar-refractivity contribution in [1.29, 1.82) is 0 Å². The minimum Gasteiger partial charge on any atom is -0.480 e. The molecule has 4 nitrogen and oxygen atoms in total. The van der Waals surface area contributed by atoms with E-state index in [-0.39, 0.29) is 17.6 Å². The fraction of sp³-hybridized carbons (Fsp3) is 0.467. The highest BCUT2D eigenvalue weighted by atomic mass is 79.9. The maximum absolute atomic E-state index is 11.9. The molecule has 6 heteroatoms. The second-order valence-corrected chi connectivity index (χ2v) is 6.90. The van der Waals surface area contributed by atoms with Crippen molar-refractivity contribution in [3.05, 3.63) is 28.2 Å². The van der Waals surface area contributed by atoms with Gasteiger partial charge in [0.25, 0.3) is 0 Å². The van der Waals surface area contributed by atoms with Gasteiger partial charge in [0.1, 0.15) is 6.04 Å². The van der Waals surface area contributed by atoms with Crippen molar-refractivity contribution in [2.24, 2.45) is 5.92 Å². The van der Waals surface area contributed by atoms with Crippen LogP contribution in [-0.4, -0.2) is 28.8 Å². The van der Waals surface area contributed by atoms with E-state index in [0.29, 0.717) is 6.42 Å². The minimum atomic E-state index is -0.984. The number of amides is 1. The van der Waals surface area contributed by atoms with Crippen molar-refractivity contribution >= 4 is 39.6 Å². The lowest BCUT2D eigenvalue weighted by Crippen LogP contribution is -2.45. The van der Waals surface area contributed by atoms with Gasteiger partial charge in [-0.25, -0.2) is 4.79 Å². The zero-order valence-electron chi connectivity index (χ0n) is 12.4. The van der Waals surface area contributed by atoms with Crippen LogP contribution in [0.3, 0.4) is 0 Å². The summed E-state index contributed by atoms with van der Waals surface area (Å²) in [5, 5.41) is 11.8. The van der Waals surface area contributed by atoms with Gasteiger partial charge in [0.2, 0.25) is 5.91 Å². The Morgan fingerprint density at radius 2 is 2.10 bits per heavy atom. The Balaban J connectivity index is 2.58. The molecule has 2 N–H and O–H groups in total. The van der Waals surface area contributed by atoms with Gasteiger partial charge in [-0.2, -0.15) is 0 Å². The quantitative estimate of drug-likeness (QED) is 0.718. The topological polar surface area (TPSA) is 66.4 Å². The number of rotatable bonds is 7. The Bertz CT molecular complexity index is 522. The number of carbonyl (C=O) groups excluding carboxylic acids is 1. The van der Waals surface area contributed by atoms with Gasteiger partial charge < -0.3 is 10.4 Å². The Kier molecular flexibility index (Phi) is 7.25. The largest absolute Gasteiger partial charge is 0.480 e. The average molecular weight is 374 g/mol.